The molecule has 1 aromatic carbocycles. The van der Waals surface area contributed by atoms with Gasteiger partial charge in [-0.1, -0.05) is 17.7 Å². The molecule has 0 saturated carbocycles. The van der Waals surface area contributed by atoms with E-state index in [-0.39, 0.29) is 0 Å². The Labute approximate surface area is 108 Å². The molecule has 2 aromatic rings. The molecule has 0 aliphatic rings. The van der Waals surface area contributed by atoms with Crippen LogP contribution in [0.1, 0.15) is 16.7 Å². The molecule has 0 atom stereocenters. The molecule has 0 fully saturated rings. The van der Waals surface area contributed by atoms with E-state index in [1.807, 2.05) is 24.5 Å². The number of hydrogen-bond donors (Lipinski definition) is 1. The highest BCUT2D eigenvalue weighted by Crippen LogP contribution is 2.22. The van der Waals surface area contributed by atoms with E-state index in [0.717, 1.165) is 6.54 Å². The van der Waals surface area contributed by atoms with Crippen LogP contribution >= 0.6 is 0 Å². The summed E-state index contributed by atoms with van der Waals surface area (Å²) in [5, 5.41) is 0. The summed E-state index contributed by atoms with van der Waals surface area (Å²) < 4.78 is 0. The normalized spacial score (nSPS) is 10.4. The molecule has 0 unspecified atom stereocenters. The second-order valence-electron chi connectivity index (χ2n) is 4.55. The van der Waals surface area contributed by atoms with Gasteiger partial charge >= 0.3 is 0 Å². The maximum atomic E-state index is 5.81. The fraction of sp³-hybridized carbons (Fsp3) is 0.267. The number of pyridine rings is 1. The van der Waals surface area contributed by atoms with Crippen molar-refractivity contribution in [2.75, 3.05) is 11.9 Å². The molecule has 3 nitrogen and oxygen atoms in total. The minimum absolute atomic E-state index is 0.567. The molecule has 18 heavy (non-hydrogen) atoms. The molecule has 0 spiro atoms. The first-order valence-corrected chi connectivity index (χ1v) is 6.10. The Balaban J connectivity index is 2.21. The molecular formula is C15H19N3. The van der Waals surface area contributed by atoms with Crippen molar-refractivity contribution in [1.29, 1.82) is 0 Å². The lowest BCUT2D eigenvalue weighted by Crippen LogP contribution is -2.19. The highest BCUT2D eigenvalue weighted by molar-refractivity contribution is 5.54. The Morgan fingerprint density at radius 3 is 2.56 bits per heavy atom. The number of benzene rings is 1. The first kappa shape index (κ1) is 12.6. The van der Waals surface area contributed by atoms with Crippen molar-refractivity contribution in [1.82, 2.24) is 4.98 Å². The average Bonchev–Trinajstić information content (AvgIpc) is 2.39. The predicted octanol–water partition coefficient (Wildman–Crippen LogP) is 2.49. The zero-order valence-corrected chi connectivity index (χ0v) is 10.9. The van der Waals surface area contributed by atoms with Crippen LogP contribution in [0.3, 0.4) is 0 Å². The smallest absolute Gasteiger partial charge is 0.0427 e. The Bertz CT molecular complexity index is 508. The highest BCUT2D eigenvalue weighted by Gasteiger charge is 2.07. The van der Waals surface area contributed by atoms with Crippen molar-refractivity contribution in [3.05, 3.63) is 59.4 Å². The first-order valence-electron chi connectivity index (χ1n) is 6.10. The third-order valence-electron chi connectivity index (χ3n) is 3.04. The fourth-order valence-corrected chi connectivity index (χ4v) is 2.10. The summed E-state index contributed by atoms with van der Waals surface area (Å²) >= 11 is 0. The van der Waals surface area contributed by atoms with Crippen molar-refractivity contribution in [3.8, 4) is 0 Å². The summed E-state index contributed by atoms with van der Waals surface area (Å²) in [5.41, 5.74) is 10.7. The van der Waals surface area contributed by atoms with Gasteiger partial charge in [0.15, 0.2) is 0 Å². The molecule has 94 valence electrons. The van der Waals surface area contributed by atoms with Gasteiger partial charge in [0.05, 0.1) is 0 Å². The van der Waals surface area contributed by atoms with Gasteiger partial charge in [-0.2, -0.15) is 0 Å². The van der Waals surface area contributed by atoms with E-state index in [2.05, 4.69) is 42.1 Å². The lowest BCUT2D eigenvalue weighted by molar-refractivity contribution is 0.900. The van der Waals surface area contributed by atoms with E-state index in [0.29, 0.717) is 6.54 Å². The van der Waals surface area contributed by atoms with Crippen molar-refractivity contribution in [3.63, 3.8) is 0 Å². The number of nitrogens with two attached hydrogens (primary N) is 1. The third-order valence-corrected chi connectivity index (χ3v) is 3.04. The number of aromatic nitrogens is 1. The van der Waals surface area contributed by atoms with Gasteiger partial charge in [0.2, 0.25) is 0 Å². The molecule has 0 radical (unpaired) electrons. The van der Waals surface area contributed by atoms with Crippen LogP contribution in [0.25, 0.3) is 0 Å². The van der Waals surface area contributed by atoms with Gasteiger partial charge in [0, 0.05) is 38.2 Å². The number of nitrogens with zero attached hydrogens (tertiary/aromatic N) is 2. The van der Waals surface area contributed by atoms with E-state index in [1.165, 1.54) is 22.4 Å². The van der Waals surface area contributed by atoms with E-state index in [9.17, 15) is 0 Å². The molecule has 0 aliphatic heterocycles. The van der Waals surface area contributed by atoms with Gasteiger partial charge in [0.1, 0.15) is 0 Å². The maximum absolute atomic E-state index is 5.81. The second kappa shape index (κ2) is 5.65. The molecule has 0 bridgehead atoms. The quantitative estimate of drug-likeness (QED) is 0.894. The minimum Gasteiger partial charge on any atom is -0.370 e. The van der Waals surface area contributed by atoms with Gasteiger partial charge in [-0.25, -0.2) is 0 Å². The monoisotopic (exact) mass is 241 g/mol. The molecule has 3 heteroatoms. The Kier molecular flexibility index (Phi) is 3.95. The maximum Gasteiger partial charge on any atom is 0.0427 e. The van der Waals surface area contributed by atoms with Crippen molar-refractivity contribution < 1.29 is 0 Å². The summed E-state index contributed by atoms with van der Waals surface area (Å²) in [7, 11) is 2.09. The molecule has 1 heterocycles. The van der Waals surface area contributed by atoms with Crippen LogP contribution in [-0.2, 0) is 13.1 Å². The average molecular weight is 241 g/mol. The predicted molar refractivity (Wildman–Crippen MR) is 75.4 cm³/mol. The molecule has 0 aliphatic carbocycles. The lowest BCUT2D eigenvalue weighted by Gasteiger charge is -2.22. The molecule has 0 saturated heterocycles. The van der Waals surface area contributed by atoms with Crippen molar-refractivity contribution in [2.45, 2.75) is 20.0 Å². The Hall–Kier alpha value is -1.87. The van der Waals surface area contributed by atoms with Crippen LogP contribution in [0.2, 0.25) is 0 Å². The van der Waals surface area contributed by atoms with Crippen molar-refractivity contribution in [2.24, 2.45) is 5.73 Å². The van der Waals surface area contributed by atoms with Crippen LogP contribution in [0.15, 0.2) is 42.7 Å². The minimum atomic E-state index is 0.567. The number of anilines is 1. The number of aryl methyl sites for hydroxylation is 1. The Morgan fingerprint density at radius 1 is 1.17 bits per heavy atom. The lowest BCUT2D eigenvalue weighted by atomic mass is 10.1. The zero-order valence-electron chi connectivity index (χ0n) is 10.9. The topological polar surface area (TPSA) is 42.2 Å². The van der Waals surface area contributed by atoms with Crippen molar-refractivity contribution >= 4 is 5.69 Å². The molecule has 2 rings (SSSR count). The van der Waals surface area contributed by atoms with E-state index >= 15 is 0 Å². The van der Waals surface area contributed by atoms with Gasteiger partial charge in [-0.05, 0) is 36.2 Å². The van der Waals surface area contributed by atoms with Gasteiger partial charge < -0.3 is 10.6 Å². The van der Waals surface area contributed by atoms with Crippen LogP contribution in [0.4, 0.5) is 5.69 Å². The van der Waals surface area contributed by atoms with E-state index in [1.54, 1.807) is 0 Å². The largest absolute Gasteiger partial charge is 0.370 e. The third kappa shape index (κ3) is 2.87. The molecule has 2 N–H and O–H groups in total. The highest BCUT2D eigenvalue weighted by atomic mass is 15.1. The van der Waals surface area contributed by atoms with Crippen LogP contribution in [0, 0.1) is 6.92 Å². The number of hydrogen-bond acceptors (Lipinski definition) is 3. The summed E-state index contributed by atoms with van der Waals surface area (Å²) in [6, 6.07) is 10.5. The molecule has 1 aromatic heterocycles. The SMILES string of the molecule is Cc1ccc(N(C)Cc2ccncc2)c(CN)c1. The van der Waals surface area contributed by atoms with E-state index in [4.69, 9.17) is 5.73 Å². The number of rotatable bonds is 4. The van der Waals surface area contributed by atoms with Crippen LogP contribution < -0.4 is 10.6 Å². The second-order valence-corrected chi connectivity index (χ2v) is 4.55. The van der Waals surface area contributed by atoms with Crippen LogP contribution in [0.5, 0.6) is 0 Å². The summed E-state index contributed by atoms with van der Waals surface area (Å²) in [6.45, 7) is 3.52. The Morgan fingerprint density at radius 2 is 1.89 bits per heavy atom. The van der Waals surface area contributed by atoms with Gasteiger partial charge in [-0.3, -0.25) is 4.98 Å². The van der Waals surface area contributed by atoms with Gasteiger partial charge in [0.25, 0.3) is 0 Å². The van der Waals surface area contributed by atoms with E-state index < -0.39 is 0 Å². The standard InChI is InChI=1S/C15H19N3/c1-12-3-4-15(14(9-12)10-16)18(2)11-13-5-7-17-8-6-13/h3-9H,10-11,16H2,1-2H3. The first-order chi connectivity index (χ1) is 8.70. The molecule has 0 amide bonds. The zero-order chi connectivity index (χ0) is 13.0. The summed E-state index contributed by atoms with van der Waals surface area (Å²) in [4.78, 5) is 6.25. The molecular weight excluding hydrogens is 222 g/mol. The van der Waals surface area contributed by atoms with Gasteiger partial charge in [-0.15, -0.1) is 0 Å². The fourth-order valence-electron chi connectivity index (χ4n) is 2.10. The van der Waals surface area contributed by atoms with Crippen LogP contribution in [-0.4, -0.2) is 12.0 Å². The summed E-state index contributed by atoms with van der Waals surface area (Å²) in [5.74, 6) is 0. The summed E-state index contributed by atoms with van der Waals surface area (Å²) in [6.07, 6.45) is 3.64.